The number of fused-ring (bicyclic) bond motifs is 1. The number of amides is 1. The van der Waals surface area contributed by atoms with Crippen LogP contribution in [0.25, 0.3) is 10.2 Å². The zero-order valence-corrected chi connectivity index (χ0v) is 17.8. The lowest BCUT2D eigenvalue weighted by Gasteiger charge is -2.34. The molecule has 1 aliphatic heterocycles. The quantitative estimate of drug-likeness (QED) is 0.627. The fourth-order valence-corrected chi connectivity index (χ4v) is 5.20. The van der Waals surface area contributed by atoms with Crippen LogP contribution in [0.15, 0.2) is 24.3 Å². The van der Waals surface area contributed by atoms with Crippen molar-refractivity contribution in [2.75, 3.05) is 13.2 Å². The van der Waals surface area contributed by atoms with E-state index in [1.807, 2.05) is 23.1 Å². The van der Waals surface area contributed by atoms with Crippen molar-refractivity contribution in [3.63, 3.8) is 0 Å². The average Bonchev–Trinajstić information content (AvgIpc) is 3.28. The van der Waals surface area contributed by atoms with Gasteiger partial charge in [0.05, 0.1) is 28.4 Å². The molecule has 0 aliphatic carbocycles. The number of benzene rings is 1. The number of para-hydroxylation sites is 1. The second kappa shape index (κ2) is 7.99. The van der Waals surface area contributed by atoms with E-state index in [0.717, 1.165) is 34.5 Å². The number of nitrogens with zero attached hydrogens (tertiary/aromatic N) is 2. The van der Waals surface area contributed by atoms with Crippen LogP contribution in [0, 0.1) is 13.8 Å². The zero-order chi connectivity index (χ0) is 20.5. The molecule has 1 atom stereocenters. The monoisotopic (exact) mass is 411 g/mol. The van der Waals surface area contributed by atoms with Crippen molar-refractivity contribution in [2.45, 2.75) is 46.1 Å². The van der Waals surface area contributed by atoms with E-state index in [0.29, 0.717) is 35.7 Å². The number of piperidine rings is 1. The summed E-state index contributed by atoms with van der Waals surface area (Å²) in [5.41, 5.74) is 3.22. The second-order valence-corrected chi connectivity index (χ2v) is 8.44. The third-order valence-electron chi connectivity index (χ3n) is 5.49. The molecular weight excluding hydrogens is 386 g/mol. The summed E-state index contributed by atoms with van der Waals surface area (Å²) in [7, 11) is 0. The normalized spacial score (nSPS) is 16.9. The zero-order valence-electron chi connectivity index (χ0n) is 16.9. The van der Waals surface area contributed by atoms with E-state index >= 15 is 0 Å². The molecule has 3 aromatic rings. The molecule has 2 aromatic heterocycles. The molecule has 1 fully saturated rings. The number of carbonyl (C=O) groups excluding carboxylic acids is 2. The number of rotatable bonds is 4. The van der Waals surface area contributed by atoms with Crippen LogP contribution in [0.4, 0.5) is 0 Å². The number of hydrogen-bond donors (Lipinski definition) is 1. The predicted octanol–water partition coefficient (Wildman–Crippen LogP) is 4.79. The SMILES string of the molecule is CCOC(=O)c1c(C)[nH]c(C(=O)N2CCCCC2c2nc3ccccc3s2)c1C. The Bertz CT molecular complexity index is 1040. The van der Waals surface area contributed by atoms with E-state index in [-0.39, 0.29) is 17.9 Å². The minimum absolute atomic E-state index is 0.0392. The molecule has 0 saturated carbocycles. The van der Waals surface area contributed by atoms with Crippen molar-refractivity contribution >= 4 is 33.4 Å². The first-order valence-corrected chi connectivity index (χ1v) is 10.9. The van der Waals surface area contributed by atoms with Crippen LogP contribution in [-0.2, 0) is 4.74 Å². The van der Waals surface area contributed by atoms with Crippen molar-refractivity contribution in [3.05, 3.63) is 51.8 Å². The second-order valence-electron chi connectivity index (χ2n) is 7.38. The highest BCUT2D eigenvalue weighted by atomic mass is 32.1. The smallest absolute Gasteiger partial charge is 0.340 e. The fourth-order valence-electron chi connectivity index (χ4n) is 4.08. The van der Waals surface area contributed by atoms with E-state index in [1.165, 1.54) is 0 Å². The first-order valence-electron chi connectivity index (χ1n) is 10.0. The van der Waals surface area contributed by atoms with Crippen LogP contribution >= 0.6 is 11.3 Å². The maximum Gasteiger partial charge on any atom is 0.340 e. The number of H-pyrrole nitrogens is 1. The molecule has 152 valence electrons. The summed E-state index contributed by atoms with van der Waals surface area (Å²) in [5, 5.41) is 0.978. The number of esters is 1. The number of carbonyl (C=O) groups is 2. The van der Waals surface area contributed by atoms with Gasteiger partial charge in [-0.15, -0.1) is 11.3 Å². The van der Waals surface area contributed by atoms with Crippen LogP contribution in [0.2, 0.25) is 0 Å². The third-order valence-corrected chi connectivity index (χ3v) is 6.63. The number of thiazole rings is 1. The number of aromatic amines is 1. The maximum atomic E-state index is 13.5. The molecule has 1 unspecified atom stereocenters. The Hall–Kier alpha value is -2.67. The molecule has 0 spiro atoms. The number of aryl methyl sites for hydroxylation is 1. The Morgan fingerprint density at radius 2 is 2.07 bits per heavy atom. The van der Waals surface area contributed by atoms with E-state index in [2.05, 4.69) is 11.1 Å². The molecule has 6 nitrogen and oxygen atoms in total. The number of nitrogens with one attached hydrogen (secondary N) is 1. The molecule has 7 heteroatoms. The van der Waals surface area contributed by atoms with E-state index in [9.17, 15) is 9.59 Å². The summed E-state index contributed by atoms with van der Waals surface area (Å²) in [6.07, 6.45) is 2.94. The molecule has 0 radical (unpaired) electrons. The fraction of sp³-hybridized carbons (Fsp3) is 0.409. The molecule has 1 amide bonds. The van der Waals surface area contributed by atoms with Gasteiger partial charge in [0.25, 0.3) is 5.91 Å². The van der Waals surface area contributed by atoms with Gasteiger partial charge in [-0.05, 0) is 57.7 Å². The highest BCUT2D eigenvalue weighted by Crippen LogP contribution is 2.37. The average molecular weight is 412 g/mol. The molecule has 1 aromatic carbocycles. The van der Waals surface area contributed by atoms with Crippen molar-refractivity contribution in [3.8, 4) is 0 Å². The van der Waals surface area contributed by atoms with Crippen molar-refractivity contribution in [2.24, 2.45) is 0 Å². The Labute approximate surface area is 173 Å². The molecule has 3 heterocycles. The number of hydrogen-bond acceptors (Lipinski definition) is 5. The van der Waals surface area contributed by atoms with Gasteiger partial charge in [0.15, 0.2) is 0 Å². The minimum atomic E-state index is -0.390. The van der Waals surface area contributed by atoms with Crippen LogP contribution < -0.4 is 0 Å². The van der Waals surface area contributed by atoms with Crippen LogP contribution in [0.5, 0.6) is 0 Å². The molecule has 1 saturated heterocycles. The highest BCUT2D eigenvalue weighted by Gasteiger charge is 2.33. The van der Waals surface area contributed by atoms with Gasteiger partial charge in [-0.3, -0.25) is 4.79 Å². The molecule has 1 N–H and O–H groups in total. The van der Waals surface area contributed by atoms with Gasteiger partial charge in [-0.25, -0.2) is 9.78 Å². The lowest BCUT2D eigenvalue weighted by Crippen LogP contribution is -2.39. The summed E-state index contributed by atoms with van der Waals surface area (Å²) >= 11 is 1.65. The Morgan fingerprint density at radius 3 is 2.83 bits per heavy atom. The first-order chi connectivity index (χ1) is 14.0. The summed E-state index contributed by atoms with van der Waals surface area (Å²) in [6, 6.07) is 8.03. The number of aromatic nitrogens is 2. The summed E-state index contributed by atoms with van der Waals surface area (Å²) in [6.45, 7) is 6.37. The van der Waals surface area contributed by atoms with Gasteiger partial charge in [0.1, 0.15) is 10.7 Å². The molecule has 0 bridgehead atoms. The van der Waals surface area contributed by atoms with Gasteiger partial charge >= 0.3 is 5.97 Å². The van der Waals surface area contributed by atoms with Gasteiger partial charge in [-0.2, -0.15) is 0 Å². The van der Waals surface area contributed by atoms with Crippen molar-refractivity contribution in [1.29, 1.82) is 0 Å². The number of likely N-dealkylation sites (tertiary alicyclic amines) is 1. The molecule has 1 aliphatic rings. The van der Waals surface area contributed by atoms with Crippen molar-refractivity contribution in [1.82, 2.24) is 14.9 Å². The highest BCUT2D eigenvalue weighted by molar-refractivity contribution is 7.18. The standard InChI is InChI=1S/C22H25N3O3S/c1-4-28-22(27)18-13(2)19(23-14(18)3)21(26)25-12-8-7-10-16(25)20-24-15-9-5-6-11-17(15)29-20/h5-6,9,11,16,23H,4,7-8,10,12H2,1-3H3. The Kier molecular flexibility index (Phi) is 5.41. The topological polar surface area (TPSA) is 75.3 Å². The van der Waals surface area contributed by atoms with Gasteiger partial charge in [0, 0.05) is 12.2 Å². The van der Waals surface area contributed by atoms with E-state index < -0.39 is 0 Å². The van der Waals surface area contributed by atoms with E-state index in [4.69, 9.17) is 9.72 Å². The lowest BCUT2D eigenvalue weighted by molar-refractivity contribution is 0.0525. The molecule has 4 rings (SSSR count). The summed E-state index contributed by atoms with van der Waals surface area (Å²) in [5.74, 6) is -0.468. The van der Waals surface area contributed by atoms with Crippen LogP contribution in [-0.4, -0.2) is 39.9 Å². The minimum Gasteiger partial charge on any atom is -0.462 e. The Balaban J connectivity index is 1.68. The Morgan fingerprint density at radius 1 is 1.28 bits per heavy atom. The first kappa shape index (κ1) is 19.6. The summed E-state index contributed by atoms with van der Waals surface area (Å²) < 4.78 is 6.30. The summed E-state index contributed by atoms with van der Waals surface area (Å²) in [4.78, 5) is 35.6. The molecular formula is C22H25N3O3S. The van der Waals surface area contributed by atoms with Gasteiger partial charge in [-0.1, -0.05) is 12.1 Å². The lowest BCUT2D eigenvalue weighted by atomic mass is 10.0. The van der Waals surface area contributed by atoms with Crippen molar-refractivity contribution < 1.29 is 14.3 Å². The van der Waals surface area contributed by atoms with E-state index in [1.54, 1.807) is 32.1 Å². The molecule has 29 heavy (non-hydrogen) atoms. The number of ether oxygens (including phenoxy) is 1. The van der Waals surface area contributed by atoms with Gasteiger partial charge < -0.3 is 14.6 Å². The third kappa shape index (κ3) is 3.55. The van der Waals surface area contributed by atoms with Gasteiger partial charge in [0.2, 0.25) is 0 Å². The maximum absolute atomic E-state index is 13.5. The predicted molar refractivity (Wildman–Crippen MR) is 113 cm³/mol. The largest absolute Gasteiger partial charge is 0.462 e. The van der Waals surface area contributed by atoms with Crippen LogP contribution in [0.1, 0.15) is 69.3 Å². The van der Waals surface area contributed by atoms with Crippen LogP contribution in [0.3, 0.4) is 0 Å².